The van der Waals surface area contributed by atoms with Gasteiger partial charge in [0.2, 0.25) is 10.0 Å². The smallest absolute Gasteiger partial charge is 0.211 e. The zero-order valence-electron chi connectivity index (χ0n) is 10.7. The van der Waals surface area contributed by atoms with E-state index in [1.54, 1.807) is 13.0 Å². The first-order chi connectivity index (χ1) is 8.51. The molecule has 0 aliphatic carbocycles. The number of nitrogens with one attached hydrogen (secondary N) is 1. The van der Waals surface area contributed by atoms with Gasteiger partial charge in [0.15, 0.2) is 0 Å². The molecule has 1 rings (SSSR count). The van der Waals surface area contributed by atoms with Crippen molar-refractivity contribution in [2.75, 3.05) is 6.54 Å². The lowest BCUT2D eigenvalue weighted by Crippen LogP contribution is -2.25. The summed E-state index contributed by atoms with van der Waals surface area (Å²) in [5, 5.41) is 8.74. The van der Waals surface area contributed by atoms with Crippen molar-refractivity contribution in [3.63, 3.8) is 0 Å². The molecule has 0 heterocycles. The highest BCUT2D eigenvalue weighted by atomic mass is 32.2. The summed E-state index contributed by atoms with van der Waals surface area (Å²) in [5.41, 5.74) is 1.06. The van der Waals surface area contributed by atoms with Gasteiger partial charge in [-0.25, -0.2) is 13.1 Å². The molecule has 98 valence electrons. The zero-order valence-corrected chi connectivity index (χ0v) is 11.5. The fourth-order valence-corrected chi connectivity index (χ4v) is 2.98. The van der Waals surface area contributed by atoms with Crippen LogP contribution in [0.3, 0.4) is 0 Å². The number of unbranched alkanes of at least 4 members (excludes halogenated alkanes) is 2. The van der Waals surface area contributed by atoms with Crippen LogP contribution in [0, 0.1) is 18.3 Å². The van der Waals surface area contributed by atoms with E-state index in [9.17, 15) is 8.42 Å². The fourth-order valence-electron chi connectivity index (χ4n) is 1.68. The van der Waals surface area contributed by atoms with E-state index >= 15 is 0 Å². The lowest BCUT2D eigenvalue weighted by molar-refractivity contribution is 0.575. The Kier molecular flexibility index (Phi) is 5.32. The number of rotatable bonds is 6. The van der Waals surface area contributed by atoms with Crippen molar-refractivity contribution in [2.45, 2.75) is 38.0 Å². The van der Waals surface area contributed by atoms with E-state index in [1.807, 2.05) is 6.07 Å². The van der Waals surface area contributed by atoms with E-state index in [0.29, 0.717) is 17.7 Å². The van der Waals surface area contributed by atoms with Crippen molar-refractivity contribution in [1.29, 1.82) is 5.26 Å². The zero-order chi connectivity index (χ0) is 13.6. The van der Waals surface area contributed by atoms with Crippen LogP contribution in [0.15, 0.2) is 23.1 Å². The Bertz CT molecular complexity index is 545. The maximum Gasteiger partial charge on any atom is 0.240 e. The van der Waals surface area contributed by atoms with Crippen molar-refractivity contribution >= 4 is 10.0 Å². The molecule has 0 aromatic heterocycles. The van der Waals surface area contributed by atoms with Crippen molar-refractivity contribution in [3.05, 3.63) is 29.3 Å². The number of hydrogen-bond acceptors (Lipinski definition) is 3. The Balaban J connectivity index is 2.82. The van der Waals surface area contributed by atoms with Gasteiger partial charge in [0.1, 0.15) is 0 Å². The molecule has 0 bridgehead atoms. The fraction of sp³-hybridized carbons (Fsp3) is 0.462. The quantitative estimate of drug-likeness (QED) is 0.803. The molecule has 0 amide bonds. The van der Waals surface area contributed by atoms with Crippen LogP contribution < -0.4 is 4.72 Å². The summed E-state index contributed by atoms with van der Waals surface area (Å²) in [7, 11) is -3.46. The Morgan fingerprint density at radius 1 is 1.33 bits per heavy atom. The Morgan fingerprint density at radius 3 is 2.61 bits per heavy atom. The van der Waals surface area contributed by atoms with Gasteiger partial charge in [-0.1, -0.05) is 19.8 Å². The van der Waals surface area contributed by atoms with Gasteiger partial charge >= 0.3 is 0 Å². The molecule has 0 saturated carbocycles. The second-order valence-electron chi connectivity index (χ2n) is 4.20. The van der Waals surface area contributed by atoms with Gasteiger partial charge < -0.3 is 0 Å². The van der Waals surface area contributed by atoms with Crippen LogP contribution in [0.1, 0.15) is 37.3 Å². The molecule has 1 aromatic rings. The van der Waals surface area contributed by atoms with Crippen molar-refractivity contribution in [3.8, 4) is 6.07 Å². The normalized spacial score (nSPS) is 11.2. The van der Waals surface area contributed by atoms with Gasteiger partial charge in [0.25, 0.3) is 0 Å². The molecule has 1 aromatic carbocycles. The van der Waals surface area contributed by atoms with Gasteiger partial charge in [-0.2, -0.15) is 5.26 Å². The molecule has 0 aliphatic heterocycles. The van der Waals surface area contributed by atoms with Crippen LogP contribution >= 0.6 is 0 Å². The number of sulfonamides is 1. The Labute approximate surface area is 109 Å². The highest BCUT2D eigenvalue weighted by Crippen LogP contribution is 2.16. The summed E-state index contributed by atoms with van der Waals surface area (Å²) in [6.07, 6.45) is 2.90. The Morgan fingerprint density at radius 2 is 2.06 bits per heavy atom. The molecule has 0 unspecified atom stereocenters. The molecule has 18 heavy (non-hydrogen) atoms. The summed E-state index contributed by atoms with van der Waals surface area (Å²) in [4.78, 5) is 0.248. The van der Waals surface area contributed by atoms with Crippen LogP contribution in [0.2, 0.25) is 0 Å². The SMILES string of the molecule is CCCCCNS(=O)(=O)c1ccc(C#N)cc1C. The number of hydrogen-bond donors (Lipinski definition) is 1. The van der Waals surface area contributed by atoms with Crippen molar-refractivity contribution < 1.29 is 8.42 Å². The summed E-state index contributed by atoms with van der Waals surface area (Å²) in [6, 6.07) is 6.58. The molecule has 5 heteroatoms. The average Bonchev–Trinajstić information content (AvgIpc) is 2.34. The molecule has 0 saturated heterocycles. The van der Waals surface area contributed by atoms with Crippen molar-refractivity contribution in [2.24, 2.45) is 0 Å². The van der Waals surface area contributed by atoms with Gasteiger partial charge in [0.05, 0.1) is 16.5 Å². The molecule has 0 aliphatic rings. The predicted molar refractivity (Wildman–Crippen MR) is 70.6 cm³/mol. The van der Waals surface area contributed by atoms with E-state index in [4.69, 9.17) is 5.26 Å². The minimum atomic E-state index is -3.46. The maximum atomic E-state index is 12.0. The van der Waals surface area contributed by atoms with Gasteiger partial charge in [-0.3, -0.25) is 0 Å². The lowest BCUT2D eigenvalue weighted by atomic mass is 10.2. The van der Waals surface area contributed by atoms with Crippen molar-refractivity contribution in [1.82, 2.24) is 4.72 Å². The molecule has 1 N–H and O–H groups in total. The van der Waals surface area contributed by atoms with Crippen LogP contribution in [0.5, 0.6) is 0 Å². The number of aryl methyl sites for hydroxylation is 1. The molecule has 0 fully saturated rings. The minimum absolute atomic E-state index is 0.248. The Hall–Kier alpha value is -1.38. The first-order valence-electron chi connectivity index (χ1n) is 6.01. The largest absolute Gasteiger partial charge is 0.240 e. The summed E-state index contributed by atoms with van der Waals surface area (Å²) >= 11 is 0. The molecule has 0 spiro atoms. The van der Waals surface area contributed by atoms with E-state index in [-0.39, 0.29) is 4.90 Å². The van der Waals surface area contributed by atoms with Crippen LogP contribution in [-0.2, 0) is 10.0 Å². The van der Waals surface area contributed by atoms with E-state index in [2.05, 4.69) is 11.6 Å². The first-order valence-corrected chi connectivity index (χ1v) is 7.50. The van der Waals surface area contributed by atoms with E-state index in [0.717, 1.165) is 19.3 Å². The number of nitriles is 1. The third-order valence-corrected chi connectivity index (χ3v) is 4.29. The predicted octanol–water partition coefficient (Wildman–Crippen LogP) is 2.34. The molecule has 0 radical (unpaired) electrons. The molecular formula is C13H18N2O2S. The van der Waals surface area contributed by atoms with Crippen LogP contribution in [0.4, 0.5) is 0 Å². The lowest BCUT2D eigenvalue weighted by Gasteiger charge is -2.09. The van der Waals surface area contributed by atoms with Gasteiger partial charge in [0, 0.05) is 6.54 Å². The highest BCUT2D eigenvalue weighted by Gasteiger charge is 2.16. The molecule has 4 nitrogen and oxygen atoms in total. The van der Waals surface area contributed by atoms with Gasteiger partial charge in [-0.05, 0) is 37.1 Å². The number of benzene rings is 1. The second-order valence-corrected chi connectivity index (χ2v) is 5.93. The number of nitrogens with zero attached hydrogens (tertiary/aromatic N) is 1. The first kappa shape index (κ1) is 14.7. The van der Waals surface area contributed by atoms with E-state index in [1.165, 1.54) is 12.1 Å². The van der Waals surface area contributed by atoms with Gasteiger partial charge in [-0.15, -0.1) is 0 Å². The third kappa shape index (κ3) is 3.83. The minimum Gasteiger partial charge on any atom is -0.211 e. The maximum absolute atomic E-state index is 12.0. The summed E-state index contributed by atoms with van der Waals surface area (Å²) in [6.45, 7) is 4.22. The monoisotopic (exact) mass is 266 g/mol. The summed E-state index contributed by atoms with van der Waals surface area (Å²) in [5.74, 6) is 0. The van der Waals surface area contributed by atoms with Crippen LogP contribution in [0.25, 0.3) is 0 Å². The second kappa shape index (κ2) is 6.53. The third-order valence-electron chi connectivity index (χ3n) is 2.67. The standard InChI is InChI=1S/C13H18N2O2S/c1-3-4-5-8-15-18(16,17)13-7-6-12(10-14)9-11(13)2/h6-7,9,15H,3-5,8H2,1-2H3. The highest BCUT2D eigenvalue weighted by molar-refractivity contribution is 7.89. The van der Waals surface area contributed by atoms with Crippen LogP contribution in [-0.4, -0.2) is 15.0 Å². The molecular weight excluding hydrogens is 248 g/mol. The molecule has 0 atom stereocenters. The topological polar surface area (TPSA) is 70.0 Å². The average molecular weight is 266 g/mol. The van der Waals surface area contributed by atoms with E-state index < -0.39 is 10.0 Å². The summed E-state index contributed by atoms with van der Waals surface area (Å²) < 4.78 is 26.6.